The molecule has 0 atom stereocenters. The smallest absolute Gasteiger partial charge is 0.252 e. The zero-order valence-electron chi connectivity index (χ0n) is 15.8. The highest BCUT2D eigenvalue weighted by atomic mass is 19.1. The van der Waals surface area contributed by atoms with E-state index in [9.17, 15) is 9.18 Å². The van der Waals surface area contributed by atoms with Gasteiger partial charge >= 0.3 is 0 Å². The standard InChI is InChI=1S/C21H23FN4O2/c1-25-7-2-3-20(25)19-14-17(16-13-15(22)4-5-18(16)24-19)21(27)23-6-8-26-9-11-28-12-10-26/h2-5,7,13-14H,6,8-12H2,1H3,(H,23,27). The van der Waals surface area contributed by atoms with Gasteiger partial charge in [0, 0.05) is 44.8 Å². The number of pyridine rings is 1. The van der Waals surface area contributed by atoms with E-state index >= 15 is 0 Å². The van der Waals surface area contributed by atoms with E-state index in [1.54, 1.807) is 12.1 Å². The van der Waals surface area contributed by atoms with E-state index in [-0.39, 0.29) is 11.7 Å². The van der Waals surface area contributed by atoms with Gasteiger partial charge in [-0.05, 0) is 36.4 Å². The number of fused-ring (bicyclic) bond motifs is 1. The van der Waals surface area contributed by atoms with Crippen molar-refractivity contribution in [3.8, 4) is 11.4 Å². The van der Waals surface area contributed by atoms with Gasteiger partial charge < -0.3 is 14.6 Å². The van der Waals surface area contributed by atoms with Crippen molar-refractivity contribution >= 4 is 16.8 Å². The number of halogens is 1. The summed E-state index contributed by atoms with van der Waals surface area (Å²) in [6, 6.07) is 9.95. The summed E-state index contributed by atoms with van der Waals surface area (Å²) >= 11 is 0. The van der Waals surface area contributed by atoms with Crippen molar-refractivity contribution in [1.29, 1.82) is 0 Å². The fraction of sp³-hybridized carbons (Fsp3) is 0.333. The minimum Gasteiger partial charge on any atom is -0.379 e. The molecule has 1 N–H and O–H groups in total. The Labute approximate surface area is 162 Å². The molecule has 1 amide bonds. The minimum atomic E-state index is -0.386. The lowest BCUT2D eigenvalue weighted by atomic mass is 10.1. The SMILES string of the molecule is Cn1cccc1-c1cc(C(=O)NCCN2CCOCC2)c2cc(F)ccc2n1. The Morgan fingerprint density at radius 2 is 2.07 bits per heavy atom. The van der Waals surface area contributed by atoms with Gasteiger partial charge in [0.1, 0.15) is 5.82 Å². The van der Waals surface area contributed by atoms with Crippen molar-refractivity contribution in [3.05, 3.63) is 54.0 Å². The van der Waals surface area contributed by atoms with Gasteiger partial charge in [0.25, 0.3) is 5.91 Å². The molecule has 146 valence electrons. The quantitative estimate of drug-likeness (QED) is 0.736. The highest BCUT2D eigenvalue weighted by Gasteiger charge is 2.16. The van der Waals surface area contributed by atoms with E-state index in [1.807, 2.05) is 29.9 Å². The molecule has 0 bridgehead atoms. The van der Waals surface area contributed by atoms with E-state index in [2.05, 4.69) is 15.2 Å². The van der Waals surface area contributed by atoms with Crippen molar-refractivity contribution in [1.82, 2.24) is 19.8 Å². The maximum atomic E-state index is 13.8. The second-order valence-electron chi connectivity index (χ2n) is 6.93. The summed E-state index contributed by atoms with van der Waals surface area (Å²) in [5.74, 6) is -0.606. The van der Waals surface area contributed by atoms with Gasteiger partial charge in [-0.3, -0.25) is 9.69 Å². The van der Waals surface area contributed by atoms with Crippen LogP contribution in [0.5, 0.6) is 0 Å². The lowest BCUT2D eigenvalue weighted by Crippen LogP contribution is -2.41. The van der Waals surface area contributed by atoms with Crippen LogP contribution in [0.2, 0.25) is 0 Å². The number of hydrogen-bond donors (Lipinski definition) is 1. The number of hydrogen-bond acceptors (Lipinski definition) is 4. The van der Waals surface area contributed by atoms with Crippen LogP contribution in [-0.2, 0) is 11.8 Å². The third-order valence-corrected chi connectivity index (χ3v) is 5.04. The first kappa shape index (κ1) is 18.6. The van der Waals surface area contributed by atoms with Crippen LogP contribution in [-0.4, -0.2) is 59.8 Å². The number of nitrogens with one attached hydrogen (secondary N) is 1. The van der Waals surface area contributed by atoms with Gasteiger partial charge in [-0.2, -0.15) is 0 Å². The molecule has 2 aromatic heterocycles. The third-order valence-electron chi connectivity index (χ3n) is 5.04. The number of aromatic nitrogens is 2. The van der Waals surface area contributed by atoms with Crippen molar-refractivity contribution < 1.29 is 13.9 Å². The van der Waals surface area contributed by atoms with E-state index in [1.165, 1.54) is 12.1 Å². The van der Waals surface area contributed by atoms with Crippen molar-refractivity contribution in [3.63, 3.8) is 0 Å². The highest BCUT2D eigenvalue weighted by Crippen LogP contribution is 2.25. The molecule has 1 aliphatic heterocycles. The summed E-state index contributed by atoms with van der Waals surface area (Å²) in [7, 11) is 1.92. The van der Waals surface area contributed by atoms with Crippen LogP contribution in [0.1, 0.15) is 10.4 Å². The van der Waals surface area contributed by atoms with Gasteiger partial charge in [-0.25, -0.2) is 9.37 Å². The first-order chi connectivity index (χ1) is 13.6. The Kier molecular flexibility index (Phi) is 5.36. The Bertz CT molecular complexity index is 995. The number of nitrogens with zero attached hydrogens (tertiary/aromatic N) is 3. The topological polar surface area (TPSA) is 59.4 Å². The molecule has 0 radical (unpaired) electrons. The normalized spacial score (nSPS) is 15.1. The zero-order valence-corrected chi connectivity index (χ0v) is 15.8. The molecular formula is C21H23FN4O2. The molecule has 1 saturated heterocycles. The summed E-state index contributed by atoms with van der Waals surface area (Å²) in [6.45, 7) is 4.48. The molecule has 1 aromatic carbocycles. The fourth-order valence-corrected chi connectivity index (χ4v) is 3.49. The molecule has 0 aliphatic carbocycles. The van der Waals surface area contributed by atoms with Crippen LogP contribution < -0.4 is 5.32 Å². The Morgan fingerprint density at radius 3 is 2.82 bits per heavy atom. The fourth-order valence-electron chi connectivity index (χ4n) is 3.49. The van der Waals surface area contributed by atoms with E-state index in [0.717, 1.165) is 38.5 Å². The average molecular weight is 382 g/mol. The monoisotopic (exact) mass is 382 g/mol. The molecule has 4 rings (SSSR count). The van der Waals surface area contributed by atoms with E-state index < -0.39 is 0 Å². The average Bonchev–Trinajstić information content (AvgIpc) is 3.14. The van der Waals surface area contributed by atoms with Gasteiger partial charge in [0.15, 0.2) is 0 Å². The van der Waals surface area contributed by atoms with Crippen LogP contribution >= 0.6 is 0 Å². The van der Waals surface area contributed by atoms with Crippen LogP contribution in [0.4, 0.5) is 4.39 Å². The zero-order chi connectivity index (χ0) is 19.5. The molecule has 1 fully saturated rings. The lowest BCUT2D eigenvalue weighted by molar-refractivity contribution is 0.0383. The molecule has 0 spiro atoms. The summed E-state index contributed by atoms with van der Waals surface area (Å²) in [6.07, 6.45) is 1.92. The second kappa shape index (κ2) is 8.08. The van der Waals surface area contributed by atoms with Gasteiger partial charge in [0.05, 0.1) is 35.7 Å². The molecular weight excluding hydrogens is 359 g/mol. The molecule has 6 nitrogen and oxygen atoms in total. The first-order valence-corrected chi connectivity index (χ1v) is 9.42. The van der Waals surface area contributed by atoms with Crippen molar-refractivity contribution in [2.24, 2.45) is 7.05 Å². The van der Waals surface area contributed by atoms with Gasteiger partial charge in [-0.15, -0.1) is 0 Å². The lowest BCUT2D eigenvalue weighted by Gasteiger charge is -2.26. The number of rotatable bonds is 5. The first-order valence-electron chi connectivity index (χ1n) is 9.42. The number of amides is 1. The minimum absolute atomic E-state index is 0.221. The molecule has 0 saturated carbocycles. The molecule has 7 heteroatoms. The van der Waals surface area contributed by atoms with Crippen LogP contribution in [0.15, 0.2) is 42.6 Å². The Balaban J connectivity index is 1.61. The van der Waals surface area contributed by atoms with Crippen LogP contribution in [0.3, 0.4) is 0 Å². The summed E-state index contributed by atoms with van der Waals surface area (Å²) < 4.78 is 21.1. The second-order valence-corrected chi connectivity index (χ2v) is 6.93. The number of benzene rings is 1. The molecule has 1 aliphatic rings. The number of aryl methyl sites for hydroxylation is 1. The summed E-state index contributed by atoms with van der Waals surface area (Å²) in [5, 5.41) is 3.48. The predicted molar refractivity (Wildman–Crippen MR) is 106 cm³/mol. The Hall–Kier alpha value is -2.77. The molecule has 3 aromatic rings. The number of carbonyl (C=O) groups excluding carboxylic acids is 1. The van der Waals surface area contributed by atoms with Gasteiger partial charge in [-0.1, -0.05) is 0 Å². The largest absolute Gasteiger partial charge is 0.379 e. The highest BCUT2D eigenvalue weighted by molar-refractivity contribution is 6.07. The molecule has 28 heavy (non-hydrogen) atoms. The van der Waals surface area contributed by atoms with Crippen LogP contribution in [0.25, 0.3) is 22.3 Å². The molecule has 3 heterocycles. The maximum absolute atomic E-state index is 13.8. The summed E-state index contributed by atoms with van der Waals surface area (Å²) in [5.41, 5.74) is 2.61. The Morgan fingerprint density at radius 1 is 1.25 bits per heavy atom. The number of morpholine rings is 1. The summed E-state index contributed by atoms with van der Waals surface area (Å²) in [4.78, 5) is 19.8. The van der Waals surface area contributed by atoms with E-state index in [0.29, 0.717) is 28.7 Å². The van der Waals surface area contributed by atoms with Crippen molar-refractivity contribution in [2.45, 2.75) is 0 Å². The van der Waals surface area contributed by atoms with Crippen LogP contribution in [0, 0.1) is 5.82 Å². The number of ether oxygens (including phenoxy) is 1. The molecule has 0 unspecified atom stereocenters. The maximum Gasteiger partial charge on any atom is 0.252 e. The van der Waals surface area contributed by atoms with E-state index in [4.69, 9.17) is 4.74 Å². The van der Waals surface area contributed by atoms with Gasteiger partial charge in [0.2, 0.25) is 0 Å². The third kappa shape index (κ3) is 3.90. The number of carbonyl (C=O) groups is 1. The predicted octanol–water partition coefficient (Wildman–Crippen LogP) is 2.44. The van der Waals surface area contributed by atoms with Crippen molar-refractivity contribution in [2.75, 3.05) is 39.4 Å².